The topological polar surface area (TPSA) is 76.1 Å². The molecule has 3 rings (SSSR count). The quantitative estimate of drug-likeness (QED) is 0.670. The molecule has 2 N–H and O–H groups in total. The maximum atomic E-state index is 12.2. The summed E-state index contributed by atoms with van der Waals surface area (Å²) < 4.78 is 5.11. The van der Waals surface area contributed by atoms with Gasteiger partial charge in [0.25, 0.3) is 5.91 Å². The van der Waals surface area contributed by atoms with Crippen LogP contribution in [0.4, 0.5) is 11.5 Å². The molecule has 1 aromatic heterocycles. The normalized spacial score (nSPS) is 10.3. The molecule has 7 heteroatoms. The van der Waals surface area contributed by atoms with Crippen LogP contribution in [0.15, 0.2) is 54.9 Å². The fraction of sp³-hybridized carbons (Fsp3) is 0.150. The molecule has 3 aromatic rings. The summed E-state index contributed by atoms with van der Waals surface area (Å²) >= 11 is 6.02. The van der Waals surface area contributed by atoms with Gasteiger partial charge in [0.2, 0.25) is 0 Å². The SMILES string of the molecule is COc1ccc(CNC(=O)c2cnc(Nc3cc(Cl)ccc3C)cn2)cc1. The summed E-state index contributed by atoms with van der Waals surface area (Å²) in [7, 11) is 1.61. The number of carbonyl (C=O) groups excluding carboxylic acids is 1. The Morgan fingerprint density at radius 1 is 1.11 bits per heavy atom. The molecule has 0 aliphatic heterocycles. The number of hydrogen-bond acceptors (Lipinski definition) is 5. The van der Waals surface area contributed by atoms with E-state index in [2.05, 4.69) is 20.6 Å². The predicted octanol–water partition coefficient (Wildman–Crippen LogP) is 4.12. The molecule has 0 aliphatic rings. The molecule has 0 saturated carbocycles. The van der Waals surface area contributed by atoms with Crippen molar-refractivity contribution in [2.75, 3.05) is 12.4 Å². The highest BCUT2D eigenvalue weighted by atomic mass is 35.5. The van der Waals surface area contributed by atoms with Crippen LogP contribution in [0, 0.1) is 6.92 Å². The molecule has 0 fully saturated rings. The minimum atomic E-state index is -0.288. The van der Waals surface area contributed by atoms with Crippen molar-refractivity contribution in [1.29, 1.82) is 0 Å². The van der Waals surface area contributed by atoms with Crippen molar-refractivity contribution >= 4 is 29.0 Å². The molecule has 0 spiro atoms. The fourth-order valence-corrected chi connectivity index (χ4v) is 2.57. The van der Waals surface area contributed by atoms with Gasteiger partial charge in [-0.25, -0.2) is 9.97 Å². The number of benzene rings is 2. The van der Waals surface area contributed by atoms with Crippen LogP contribution < -0.4 is 15.4 Å². The number of amides is 1. The first-order valence-corrected chi connectivity index (χ1v) is 8.69. The molecule has 1 heterocycles. The van der Waals surface area contributed by atoms with Gasteiger partial charge < -0.3 is 15.4 Å². The molecule has 6 nitrogen and oxygen atoms in total. The highest BCUT2D eigenvalue weighted by Gasteiger charge is 2.09. The predicted molar refractivity (Wildman–Crippen MR) is 106 cm³/mol. The van der Waals surface area contributed by atoms with E-state index in [9.17, 15) is 4.79 Å². The number of aromatic nitrogens is 2. The summed E-state index contributed by atoms with van der Waals surface area (Å²) in [5.41, 5.74) is 3.08. The number of hydrogen-bond donors (Lipinski definition) is 2. The highest BCUT2D eigenvalue weighted by Crippen LogP contribution is 2.22. The zero-order valence-corrected chi connectivity index (χ0v) is 15.7. The minimum absolute atomic E-state index is 0.247. The highest BCUT2D eigenvalue weighted by molar-refractivity contribution is 6.30. The smallest absolute Gasteiger partial charge is 0.271 e. The Hall–Kier alpha value is -3.12. The van der Waals surface area contributed by atoms with Gasteiger partial charge in [-0.1, -0.05) is 29.8 Å². The van der Waals surface area contributed by atoms with Gasteiger partial charge in [-0.3, -0.25) is 4.79 Å². The van der Waals surface area contributed by atoms with Crippen LogP contribution in [-0.2, 0) is 6.54 Å². The van der Waals surface area contributed by atoms with Gasteiger partial charge in [-0.2, -0.15) is 0 Å². The van der Waals surface area contributed by atoms with E-state index in [1.54, 1.807) is 7.11 Å². The molecule has 0 unspecified atom stereocenters. The largest absolute Gasteiger partial charge is 0.497 e. The van der Waals surface area contributed by atoms with Crippen LogP contribution in [0.5, 0.6) is 5.75 Å². The lowest BCUT2D eigenvalue weighted by Gasteiger charge is -2.09. The first kappa shape index (κ1) is 18.7. The van der Waals surface area contributed by atoms with Crippen molar-refractivity contribution in [2.45, 2.75) is 13.5 Å². The van der Waals surface area contributed by atoms with Crippen molar-refractivity contribution in [3.05, 3.63) is 76.7 Å². The van der Waals surface area contributed by atoms with Crippen LogP contribution in [0.1, 0.15) is 21.6 Å². The van der Waals surface area contributed by atoms with E-state index >= 15 is 0 Å². The van der Waals surface area contributed by atoms with Gasteiger partial charge in [-0.15, -0.1) is 0 Å². The van der Waals surface area contributed by atoms with Crippen LogP contribution in [0.25, 0.3) is 0 Å². The van der Waals surface area contributed by atoms with Crippen molar-refractivity contribution in [1.82, 2.24) is 15.3 Å². The van der Waals surface area contributed by atoms with E-state index < -0.39 is 0 Å². The summed E-state index contributed by atoms with van der Waals surface area (Å²) in [5, 5.41) is 6.59. The molecule has 0 saturated heterocycles. The second-order valence-electron chi connectivity index (χ2n) is 5.90. The second kappa shape index (κ2) is 8.51. The van der Waals surface area contributed by atoms with Crippen molar-refractivity contribution in [3.8, 4) is 5.75 Å². The summed E-state index contributed by atoms with van der Waals surface area (Å²) in [5.74, 6) is 1.02. The molecule has 138 valence electrons. The molecular formula is C20H19ClN4O2. The van der Waals surface area contributed by atoms with E-state index in [-0.39, 0.29) is 11.6 Å². The van der Waals surface area contributed by atoms with Gasteiger partial charge >= 0.3 is 0 Å². The van der Waals surface area contributed by atoms with Crippen LogP contribution in [0.2, 0.25) is 5.02 Å². The number of nitrogens with one attached hydrogen (secondary N) is 2. The number of nitrogens with zero attached hydrogens (tertiary/aromatic N) is 2. The molecule has 0 bridgehead atoms. The van der Waals surface area contributed by atoms with Gasteiger partial charge in [0.15, 0.2) is 0 Å². The molecule has 2 aromatic carbocycles. The summed E-state index contributed by atoms with van der Waals surface area (Å²) in [6, 6.07) is 13.0. The van der Waals surface area contributed by atoms with E-state index in [0.717, 1.165) is 22.6 Å². The first-order valence-electron chi connectivity index (χ1n) is 8.31. The Morgan fingerprint density at radius 2 is 1.89 bits per heavy atom. The Bertz CT molecular complexity index is 928. The van der Waals surface area contributed by atoms with E-state index in [4.69, 9.17) is 16.3 Å². The average Bonchev–Trinajstić information content (AvgIpc) is 2.70. The monoisotopic (exact) mass is 382 g/mol. The van der Waals surface area contributed by atoms with Gasteiger partial charge in [0.1, 0.15) is 17.3 Å². The zero-order chi connectivity index (χ0) is 19.2. The third-order valence-corrected chi connectivity index (χ3v) is 4.19. The maximum absolute atomic E-state index is 12.2. The Morgan fingerprint density at radius 3 is 2.56 bits per heavy atom. The molecule has 0 radical (unpaired) electrons. The van der Waals surface area contributed by atoms with Gasteiger partial charge in [-0.05, 0) is 42.3 Å². The lowest BCUT2D eigenvalue weighted by molar-refractivity contribution is 0.0945. The molecule has 1 amide bonds. The number of aryl methyl sites for hydroxylation is 1. The Balaban J connectivity index is 1.60. The van der Waals surface area contributed by atoms with Crippen molar-refractivity contribution in [2.24, 2.45) is 0 Å². The van der Waals surface area contributed by atoms with Crippen LogP contribution >= 0.6 is 11.6 Å². The lowest BCUT2D eigenvalue weighted by Crippen LogP contribution is -2.24. The fourth-order valence-electron chi connectivity index (χ4n) is 2.39. The zero-order valence-electron chi connectivity index (χ0n) is 15.0. The van der Waals surface area contributed by atoms with E-state index in [1.807, 2.05) is 49.4 Å². The average molecular weight is 383 g/mol. The number of methoxy groups -OCH3 is 1. The number of rotatable bonds is 6. The molecule has 27 heavy (non-hydrogen) atoms. The standard InChI is InChI=1S/C20H19ClN4O2/c1-13-3-6-15(21)9-17(13)25-19-12-22-18(11-23-19)20(26)24-10-14-4-7-16(27-2)8-5-14/h3-9,11-12H,10H2,1-2H3,(H,23,25)(H,24,26). The minimum Gasteiger partial charge on any atom is -0.497 e. The summed E-state index contributed by atoms with van der Waals surface area (Å²) in [4.78, 5) is 20.7. The second-order valence-corrected chi connectivity index (χ2v) is 6.34. The molecule has 0 aliphatic carbocycles. The van der Waals surface area contributed by atoms with Crippen molar-refractivity contribution in [3.63, 3.8) is 0 Å². The van der Waals surface area contributed by atoms with Gasteiger partial charge in [0, 0.05) is 17.3 Å². The van der Waals surface area contributed by atoms with Gasteiger partial charge in [0.05, 0.1) is 19.5 Å². The maximum Gasteiger partial charge on any atom is 0.271 e. The van der Waals surface area contributed by atoms with E-state index in [1.165, 1.54) is 12.4 Å². The van der Waals surface area contributed by atoms with Crippen LogP contribution in [0.3, 0.4) is 0 Å². The van der Waals surface area contributed by atoms with Crippen LogP contribution in [-0.4, -0.2) is 23.0 Å². The Kier molecular flexibility index (Phi) is 5.88. The van der Waals surface area contributed by atoms with Crippen molar-refractivity contribution < 1.29 is 9.53 Å². The Labute approximate surface area is 162 Å². The summed E-state index contributed by atoms with van der Waals surface area (Å²) in [6.07, 6.45) is 2.95. The molecule has 0 atom stereocenters. The third kappa shape index (κ3) is 4.95. The lowest BCUT2D eigenvalue weighted by atomic mass is 10.2. The first-order chi connectivity index (χ1) is 13.0. The van der Waals surface area contributed by atoms with E-state index in [0.29, 0.717) is 17.4 Å². The number of anilines is 2. The third-order valence-electron chi connectivity index (χ3n) is 3.96. The summed E-state index contributed by atoms with van der Waals surface area (Å²) in [6.45, 7) is 2.36. The number of ether oxygens (including phenoxy) is 1. The number of halogens is 1. The number of carbonyl (C=O) groups is 1. The molecular weight excluding hydrogens is 364 g/mol.